The van der Waals surface area contributed by atoms with Crippen LogP contribution in [0.2, 0.25) is 0 Å². The third-order valence-electron chi connectivity index (χ3n) is 3.58. The van der Waals surface area contributed by atoms with Gasteiger partial charge < -0.3 is 13.9 Å². The summed E-state index contributed by atoms with van der Waals surface area (Å²) in [6.07, 6.45) is -3.92. The van der Waals surface area contributed by atoms with Crippen LogP contribution in [-0.4, -0.2) is 30.1 Å². The molecule has 2 aromatic rings. The van der Waals surface area contributed by atoms with Gasteiger partial charge >= 0.3 is 18.1 Å². The molecule has 152 valence electrons. The fourth-order valence-electron chi connectivity index (χ4n) is 2.37. The zero-order valence-corrected chi connectivity index (χ0v) is 15.0. The predicted octanol–water partition coefficient (Wildman–Crippen LogP) is 3.78. The van der Waals surface area contributed by atoms with Gasteiger partial charge in [0.1, 0.15) is 12.1 Å². The summed E-state index contributed by atoms with van der Waals surface area (Å²) in [6, 6.07) is 1.87. The fraction of sp³-hybridized carbons (Fsp3) is 0.389. The molecule has 0 unspecified atom stereocenters. The molecule has 2 rings (SSSR count). The summed E-state index contributed by atoms with van der Waals surface area (Å²) in [4.78, 5) is 27.9. The Bertz CT molecular complexity index is 829. The van der Waals surface area contributed by atoms with Crippen LogP contribution < -0.4 is 0 Å². The van der Waals surface area contributed by atoms with Crippen LogP contribution in [0.4, 0.5) is 17.6 Å². The summed E-state index contributed by atoms with van der Waals surface area (Å²) < 4.78 is 66.8. The molecular weight excluding hydrogens is 386 g/mol. The Labute approximate surface area is 157 Å². The molecule has 0 fully saturated rings. The van der Waals surface area contributed by atoms with Crippen LogP contribution in [-0.2, 0) is 31.7 Å². The summed E-state index contributed by atoms with van der Waals surface area (Å²) in [5.41, 5.74) is -1.33. The number of oxazole rings is 1. The SMILES string of the molecule is CCOC(=O)C(Cc1coc(-c2cc(F)cc(C(F)(F)F)c2)n1)C(=O)OCC. The van der Waals surface area contributed by atoms with E-state index in [9.17, 15) is 27.2 Å². The van der Waals surface area contributed by atoms with Crippen molar-refractivity contribution in [2.24, 2.45) is 5.92 Å². The largest absolute Gasteiger partial charge is 0.465 e. The highest BCUT2D eigenvalue weighted by molar-refractivity contribution is 5.95. The van der Waals surface area contributed by atoms with Crippen molar-refractivity contribution in [2.45, 2.75) is 26.4 Å². The first-order chi connectivity index (χ1) is 13.2. The third kappa shape index (κ3) is 5.30. The minimum absolute atomic E-state index is 0.0440. The second-order valence-electron chi connectivity index (χ2n) is 5.63. The van der Waals surface area contributed by atoms with E-state index in [1.165, 1.54) is 0 Å². The Balaban J connectivity index is 2.28. The Hall–Kier alpha value is -2.91. The van der Waals surface area contributed by atoms with Crippen LogP contribution in [0.15, 0.2) is 28.9 Å². The number of hydrogen-bond acceptors (Lipinski definition) is 6. The van der Waals surface area contributed by atoms with Gasteiger partial charge in [0.15, 0.2) is 5.92 Å². The number of rotatable bonds is 7. The maximum absolute atomic E-state index is 13.5. The summed E-state index contributed by atoms with van der Waals surface area (Å²) in [5, 5.41) is 0. The van der Waals surface area contributed by atoms with Crippen molar-refractivity contribution in [1.29, 1.82) is 0 Å². The number of carbonyl (C=O) groups excluding carboxylic acids is 2. The molecule has 1 aromatic carbocycles. The van der Waals surface area contributed by atoms with Crippen molar-refractivity contribution >= 4 is 11.9 Å². The van der Waals surface area contributed by atoms with Crippen LogP contribution >= 0.6 is 0 Å². The van der Waals surface area contributed by atoms with E-state index in [4.69, 9.17) is 13.9 Å². The Morgan fingerprint density at radius 3 is 2.25 bits per heavy atom. The van der Waals surface area contributed by atoms with Gasteiger partial charge in [-0.25, -0.2) is 9.37 Å². The van der Waals surface area contributed by atoms with Crippen LogP contribution in [0.25, 0.3) is 11.5 Å². The van der Waals surface area contributed by atoms with Gasteiger partial charge in [0.25, 0.3) is 0 Å². The smallest absolute Gasteiger partial charge is 0.416 e. The van der Waals surface area contributed by atoms with E-state index in [1.54, 1.807) is 13.8 Å². The van der Waals surface area contributed by atoms with Gasteiger partial charge in [0.2, 0.25) is 5.89 Å². The monoisotopic (exact) mass is 403 g/mol. The highest BCUT2D eigenvalue weighted by Crippen LogP contribution is 2.33. The van der Waals surface area contributed by atoms with Gasteiger partial charge in [-0.3, -0.25) is 9.59 Å². The normalized spacial score (nSPS) is 11.5. The molecule has 28 heavy (non-hydrogen) atoms. The van der Waals surface area contributed by atoms with Gasteiger partial charge in [-0.15, -0.1) is 0 Å². The van der Waals surface area contributed by atoms with Crippen molar-refractivity contribution in [3.05, 3.63) is 41.5 Å². The lowest BCUT2D eigenvalue weighted by atomic mass is 10.0. The van der Waals surface area contributed by atoms with Crippen molar-refractivity contribution in [1.82, 2.24) is 4.98 Å². The number of hydrogen-bond donors (Lipinski definition) is 0. The fourth-order valence-corrected chi connectivity index (χ4v) is 2.37. The lowest BCUT2D eigenvalue weighted by molar-refractivity contribution is -0.161. The molecule has 0 amide bonds. The molecule has 0 aliphatic heterocycles. The summed E-state index contributed by atoms with van der Waals surface area (Å²) in [5.74, 6) is -4.35. The molecule has 0 N–H and O–H groups in total. The van der Waals surface area contributed by atoms with Crippen LogP contribution in [0.3, 0.4) is 0 Å². The number of esters is 2. The van der Waals surface area contributed by atoms with Gasteiger partial charge in [-0.05, 0) is 32.0 Å². The molecule has 1 aromatic heterocycles. The van der Waals surface area contributed by atoms with Gasteiger partial charge in [0, 0.05) is 12.0 Å². The molecule has 0 bridgehead atoms. The number of aromatic nitrogens is 1. The van der Waals surface area contributed by atoms with Gasteiger partial charge in [-0.1, -0.05) is 0 Å². The number of halogens is 4. The van der Waals surface area contributed by atoms with Crippen LogP contribution in [0, 0.1) is 11.7 Å². The van der Waals surface area contributed by atoms with E-state index < -0.39 is 35.4 Å². The number of ether oxygens (including phenoxy) is 2. The molecule has 0 aliphatic carbocycles. The first-order valence-corrected chi connectivity index (χ1v) is 8.31. The van der Waals surface area contributed by atoms with Crippen LogP contribution in [0.5, 0.6) is 0 Å². The molecule has 0 saturated heterocycles. The lowest BCUT2D eigenvalue weighted by Gasteiger charge is -2.12. The van der Waals surface area contributed by atoms with Gasteiger partial charge in [0.05, 0.1) is 24.5 Å². The maximum atomic E-state index is 13.5. The Morgan fingerprint density at radius 1 is 1.11 bits per heavy atom. The van der Waals surface area contributed by atoms with E-state index in [-0.39, 0.29) is 36.8 Å². The third-order valence-corrected chi connectivity index (χ3v) is 3.58. The minimum Gasteiger partial charge on any atom is -0.465 e. The first-order valence-electron chi connectivity index (χ1n) is 8.31. The lowest BCUT2D eigenvalue weighted by Crippen LogP contribution is -2.30. The summed E-state index contributed by atoms with van der Waals surface area (Å²) in [7, 11) is 0. The van der Waals surface area contributed by atoms with E-state index >= 15 is 0 Å². The Morgan fingerprint density at radius 2 is 1.71 bits per heavy atom. The topological polar surface area (TPSA) is 78.6 Å². The van der Waals surface area contributed by atoms with Crippen molar-refractivity contribution in [2.75, 3.05) is 13.2 Å². The van der Waals surface area contributed by atoms with Crippen molar-refractivity contribution in [3.8, 4) is 11.5 Å². The van der Waals surface area contributed by atoms with E-state index in [2.05, 4.69) is 4.98 Å². The van der Waals surface area contributed by atoms with E-state index in [1.807, 2.05) is 0 Å². The van der Waals surface area contributed by atoms with Crippen LogP contribution in [0.1, 0.15) is 25.1 Å². The predicted molar refractivity (Wildman–Crippen MR) is 87.4 cm³/mol. The second kappa shape index (κ2) is 8.85. The molecular formula is C18H17F4NO5. The molecule has 1 heterocycles. The average Bonchev–Trinajstić information content (AvgIpc) is 3.07. The average molecular weight is 403 g/mol. The zero-order chi connectivity index (χ0) is 20.9. The van der Waals surface area contributed by atoms with E-state index in [0.29, 0.717) is 12.1 Å². The van der Waals surface area contributed by atoms with E-state index in [0.717, 1.165) is 12.3 Å². The summed E-state index contributed by atoms with van der Waals surface area (Å²) >= 11 is 0. The Kier molecular flexibility index (Phi) is 6.76. The molecule has 10 heteroatoms. The van der Waals surface area contributed by atoms with Crippen molar-refractivity contribution in [3.63, 3.8) is 0 Å². The zero-order valence-electron chi connectivity index (χ0n) is 15.0. The molecule has 0 radical (unpaired) electrons. The second-order valence-corrected chi connectivity index (χ2v) is 5.63. The number of carbonyl (C=O) groups is 2. The molecule has 0 atom stereocenters. The van der Waals surface area contributed by atoms with Gasteiger partial charge in [-0.2, -0.15) is 13.2 Å². The number of benzene rings is 1. The molecule has 0 saturated carbocycles. The molecule has 0 aliphatic rings. The highest BCUT2D eigenvalue weighted by Gasteiger charge is 2.33. The highest BCUT2D eigenvalue weighted by atomic mass is 19.4. The molecule has 0 spiro atoms. The number of nitrogens with zero attached hydrogens (tertiary/aromatic N) is 1. The minimum atomic E-state index is -4.74. The maximum Gasteiger partial charge on any atom is 0.416 e. The standard InChI is InChI=1S/C18H17F4NO5/c1-3-26-16(24)14(17(25)27-4-2)8-13-9-28-15(23-13)10-5-11(18(20,21)22)7-12(19)6-10/h5-7,9,14H,3-4,8H2,1-2H3. The quantitative estimate of drug-likeness (QED) is 0.398. The first kappa shape index (κ1) is 21.4. The molecule has 6 nitrogen and oxygen atoms in total. The van der Waals surface area contributed by atoms with Crippen molar-refractivity contribution < 1.29 is 41.0 Å². The summed E-state index contributed by atoms with van der Waals surface area (Å²) in [6.45, 7) is 3.22. The number of alkyl halides is 3.